The van der Waals surface area contributed by atoms with Crippen molar-refractivity contribution >= 4 is 22.0 Å². The molecule has 70 valence electrons. The quantitative estimate of drug-likeness (QED) is 0.443. The predicted molar refractivity (Wildman–Crippen MR) is 44.3 cm³/mol. The summed E-state index contributed by atoms with van der Waals surface area (Å²) in [6.45, 7) is 0. The molecule has 0 fully saturated rings. The Bertz CT molecular complexity index is 412. The Morgan fingerprint density at radius 3 is 2.62 bits per heavy atom. The van der Waals surface area contributed by atoms with Crippen LogP contribution in [0.1, 0.15) is 5.76 Å². The van der Waals surface area contributed by atoms with E-state index in [1.807, 2.05) is 0 Å². The molecule has 6 heteroatoms. The maximum absolute atomic E-state index is 10.4. The van der Waals surface area contributed by atoms with Crippen molar-refractivity contribution in [2.45, 2.75) is 0 Å². The Hall–Kier alpha value is -1.40. The topological polar surface area (TPSA) is 84.6 Å². The highest BCUT2D eigenvalue weighted by atomic mass is 32.2. The molecule has 1 aromatic rings. The first-order valence-electron chi connectivity index (χ1n) is 3.21. The Labute approximate surface area is 74.4 Å². The van der Waals surface area contributed by atoms with E-state index in [2.05, 4.69) is 0 Å². The van der Waals surface area contributed by atoms with Crippen LogP contribution in [0.25, 0.3) is 5.57 Å². The smallest absolute Gasteiger partial charge is 0.288 e. The van der Waals surface area contributed by atoms with Gasteiger partial charge < -0.3 is 4.42 Å². The van der Waals surface area contributed by atoms with Crippen molar-refractivity contribution in [1.29, 1.82) is 0 Å². The van der Waals surface area contributed by atoms with E-state index in [9.17, 15) is 13.2 Å². The summed E-state index contributed by atoms with van der Waals surface area (Å²) in [5.74, 6) is 0.0904. The first kappa shape index (κ1) is 9.69. The van der Waals surface area contributed by atoms with Gasteiger partial charge in [-0.1, -0.05) is 0 Å². The van der Waals surface area contributed by atoms with Crippen LogP contribution in [-0.4, -0.2) is 19.3 Å². The zero-order chi connectivity index (χ0) is 9.90. The predicted octanol–water partition coefficient (Wildman–Crippen LogP) is 0.707. The van der Waals surface area contributed by atoms with Crippen LogP contribution in [0.3, 0.4) is 0 Å². The van der Waals surface area contributed by atoms with E-state index in [0.29, 0.717) is 5.41 Å². The summed E-state index contributed by atoms with van der Waals surface area (Å²) in [4.78, 5) is 10.4. The lowest BCUT2D eigenvalue weighted by Crippen LogP contribution is -1.94. The zero-order valence-corrected chi connectivity index (χ0v) is 7.19. The molecule has 0 atom stereocenters. The SMILES string of the molecule is O=CC(=CS(=O)(=O)O)c1ccco1. The summed E-state index contributed by atoms with van der Waals surface area (Å²) in [6, 6.07) is 2.90. The molecule has 1 rings (SSSR count). The molecule has 1 N–H and O–H groups in total. The maximum atomic E-state index is 10.4. The van der Waals surface area contributed by atoms with Crippen molar-refractivity contribution in [2.24, 2.45) is 0 Å². The van der Waals surface area contributed by atoms with Gasteiger partial charge in [-0.15, -0.1) is 0 Å². The number of carbonyl (C=O) groups is 1. The molecule has 1 heterocycles. The Balaban J connectivity index is 3.14. The van der Waals surface area contributed by atoms with Gasteiger partial charge in [-0.2, -0.15) is 8.42 Å². The molecule has 0 radical (unpaired) electrons. The molecule has 0 amide bonds. The van der Waals surface area contributed by atoms with Gasteiger partial charge in [0.2, 0.25) is 0 Å². The van der Waals surface area contributed by atoms with Crippen LogP contribution < -0.4 is 0 Å². The fourth-order valence-corrected chi connectivity index (χ4v) is 1.24. The Morgan fingerprint density at radius 2 is 2.23 bits per heavy atom. The second-order valence-corrected chi connectivity index (χ2v) is 3.45. The van der Waals surface area contributed by atoms with E-state index in [1.54, 1.807) is 0 Å². The first-order chi connectivity index (χ1) is 6.03. The molecular weight excluding hydrogens is 196 g/mol. The van der Waals surface area contributed by atoms with Gasteiger partial charge >= 0.3 is 0 Å². The number of hydrogen-bond acceptors (Lipinski definition) is 4. The van der Waals surface area contributed by atoms with Crippen molar-refractivity contribution in [1.82, 2.24) is 0 Å². The number of rotatable bonds is 3. The summed E-state index contributed by atoms with van der Waals surface area (Å²) in [7, 11) is -4.31. The third-order valence-electron chi connectivity index (χ3n) is 1.21. The maximum Gasteiger partial charge on any atom is 0.288 e. The van der Waals surface area contributed by atoms with Crippen LogP contribution in [0.2, 0.25) is 0 Å². The molecule has 0 aliphatic heterocycles. The lowest BCUT2D eigenvalue weighted by Gasteiger charge is -1.91. The van der Waals surface area contributed by atoms with Gasteiger partial charge in [-0.3, -0.25) is 9.35 Å². The summed E-state index contributed by atoms with van der Waals surface area (Å²) >= 11 is 0. The number of aldehydes is 1. The highest BCUT2D eigenvalue weighted by Gasteiger charge is 2.08. The lowest BCUT2D eigenvalue weighted by atomic mass is 10.3. The number of allylic oxidation sites excluding steroid dienone is 1. The molecule has 0 spiro atoms. The van der Waals surface area contributed by atoms with E-state index in [0.717, 1.165) is 0 Å². The fourth-order valence-electron chi connectivity index (χ4n) is 0.747. The first-order valence-corrected chi connectivity index (χ1v) is 4.71. The van der Waals surface area contributed by atoms with Gasteiger partial charge in [0.1, 0.15) is 5.76 Å². The second kappa shape index (κ2) is 3.55. The van der Waals surface area contributed by atoms with Gasteiger partial charge in [0.25, 0.3) is 10.1 Å². The Kier molecular flexibility index (Phi) is 2.64. The summed E-state index contributed by atoms with van der Waals surface area (Å²) in [5.41, 5.74) is -0.229. The van der Waals surface area contributed by atoms with E-state index in [1.165, 1.54) is 18.4 Å². The van der Waals surface area contributed by atoms with E-state index in [4.69, 9.17) is 8.97 Å². The number of furan rings is 1. The van der Waals surface area contributed by atoms with Crippen molar-refractivity contribution in [3.05, 3.63) is 29.6 Å². The summed E-state index contributed by atoms with van der Waals surface area (Å²) in [6.07, 6.45) is 1.57. The largest absolute Gasteiger partial charge is 0.464 e. The Morgan fingerprint density at radius 1 is 1.54 bits per heavy atom. The van der Waals surface area contributed by atoms with E-state index >= 15 is 0 Å². The monoisotopic (exact) mass is 202 g/mol. The standard InChI is InChI=1S/C7H6O5S/c8-4-6(5-13(9,10)11)7-2-1-3-12-7/h1-5H,(H,9,10,11). The second-order valence-electron chi connectivity index (χ2n) is 2.18. The molecule has 0 aliphatic rings. The van der Waals surface area contributed by atoms with Gasteiger partial charge in [-0.05, 0) is 12.1 Å². The third-order valence-corrected chi connectivity index (χ3v) is 1.76. The van der Waals surface area contributed by atoms with Crippen molar-refractivity contribution in [3.63, 3.8) is 0 Å². The fraction of sp³-hybridized carbons (Fsp3) is 0. The lowest BCUT2D eigenvalue weighted by molar-refractivity contribution is -0.103. The van der Waals surface area contributed by atoms with E-state index in [-0.39, 0.29) is 17.6 Å². The van der Waals surface area contributed by atoms with Gasteiger partial charge in [0.15, 0.2) is 6.29 Å². The van der Waals surface area contributed by atoms with Crippen LogP contribution in [0.5, 0.6) is 0 Å². The minimum absolute atomic E-state index is 0.0904. The van der Waals surface area contributed by atoms with Gasteiger partial charge in [-0.25, -0.2) is 0 Å². The third kappa shape index (κ3) is 2.85. The minimum atomic E-state index is -4.31. The molecule has 0 saturated heterocycles. The van der Waals surface area contributed by atoms with Gasteiger partial charge in [0, 0.05) is 0 Å². The molecule has 0 aliphatic carbocycles. The highest BCUT2D eigenvalue weighted by Crippen LogP contribution is 2.13. The van der Waals surface area contributed by atoms with Crippen molar-refractivity contribution in [3.8, 4) is 0 Å². The minimum Gasteiger partial charge on any atom is -0.464 e. The highest BCUT2D eigenvalue weighted by molar-refractivity contribution is 7.89. The van der Waals surface area contributed by atoms with Crippen LogP contribution >= 0.6 is 0 Å². The van der Waals surface area contributed by atoms with Crippen molar-refractivity contribution in [2.75, 3.05) is 0 Å². The van der Waals surface area contributed by atoms with Gasteiger partial charge in [0.05, 0.1) is 17.2 Å². The molecule has 0 aromatic carbocycles. The average Bonchev–Trinajstić information content (AvgIpc) is 2.50. The van der Waals surface area contributed by atoms with Crippen LogP contribution in [0, 0.1) is 0 Å². The summed E-state index contributed by atoms with van der Waals surface area (Å²) < 4.78 is 33.9. The van der Waals surface area contributed by atoms with E-state index < -0.39 is 10.1 Å². The number of hydrogen-bond donors (Lipinski definition) is 1. The number of carbonyl (C=O) groups excluding carboxylic acids is 1. The molecular formula is C7H6O5S. The van der Waals surface area contributed by atoms with Crippen LogP contribution in [0.15, 0.2) is 28.2 Å². The zero-order valence-electron chi connectivity index (χ0n) is 6.38. The normalized spacial score (nSPS) is 12.8. The molecule has 0 bridgehead atoms. The molecule has 13 heavy (non-hydrogen) atoms. The average molecular weight is 202 g/mol. The summed E-state index contributed by atoms with van der Waals surface area (Å²) in [5, 5.41) is 0.429. The molecule has 0 saturated carbocycles. The van der Waals surface area contributed by atoms with Crippen LogP contribution in [0.4, 0.5) is 0 Å². The molecule has 5 nitrogen and oxygen atoms in total. The van der Waals surface area contributed by atoms with Crippen molar-refractivity contribution < 1.29 is 22.2 Å². The molecule has 1 aromatic heterocycles. The molecule has 0 unspecified atom stereocenters. The van der Waals surface area contributed by atoms with Crippen LogP contribution in [-0.2, 0) is 14.9 Å².